The van der Waals surface area contributed by atoms with Crippen LogP contribution in [0.3, 0.4) is 0 Å². The fraction of sp³-hybridized carbons (Fsp3) is 0.630. The van der Waals surface area contributed by atoms with Gasteiger partial charge in [0.1, 0.15) is 0 Å². The highest BCUT2D eigenvalue weighted by atomic mass is 16.5. The molecule has 186 valence electrons. The molecular formula is C27H40N4O3. The van der Waals surface area contributed by atoms with Crippen molar-refractivity contribution in [2.45, 2.75) is 70.5 Å². The minimum Gasteiger partial charge on any atom is -0.385 e. The van der Waals surface area contributed by atoms with Crippen molar-refractivity contribution in [2.24, 2.45) is 11.8 Å². The molecule has 7 nitrogen and oxygen atoms in total. The monoisotopic (exact) mass is 468 g/mol. The SMILES string of the molecule is COCCCC(c1c[nH]c2ccccc12)N(C(=O)[C@@H]1CNC[C@@H](NC(=O)CC(C)C)C1)C1CC1. The zero-order valence-electron chi connectivity index (χ0n) is 20.8. The van der Waals surface area contributed by atoms with Crippen LogP contribution < -0.4 is 10.6 Å². The van der Waals surface area contributed by atoms with Crippen molar-refractivity contribution < 1.29 is 14.3 Å². The van der Waals surface area contributed by atoms with Crippen molar-refractivity contribution in [3.05, 3.63) is 36.0 Å². The maximum Gasteiger partial charge on any atom is 0.227 e. The molecule has 7 heteroatoms. The number of para-hydroxylation sites is 1. The van der Waals surface area contributed by atoms with Crippen LogP contribution in [0.25, 0.3) is 10.9 Å². The lowest BCUT2D eigenvalue weighted by Crippen LogP contribution is -2.53. The number of methoxy groups -OCH3 is 1. The van der Waals surface area contributed by atoms with Crippen LogP contribution in [0.4, 0.5) is 0 Å². The lowest BCUT2D eigenvalue weighted by Gasteiger charge is -2.38. The topological polar surface area (TPSA) is 86.5 Å². The average Bonchev–Trinajstić information content (AvgIpc) is 3.56. The van der Waals surface area contributed by atoms with Gasteiger partial charge in [0.15, 0.2) is 0 Å². The molecule has 1 aromatic carbocycles. The van der Waals surface area contributed by atoms with E-state index in [2.05, 4.69) is 44.9 Å². The molecule has 2 fully saturated rings. The summed E-state index contributed by atoms with van der Waals surface area (Å²) in [6.07, 6.45) is 7.18. The predicted octanol–water partition coefficient (Wildman–Crippen LogP) is 3.77. The minimum atomic E-state index is -0.131. The number of nitrogens with zero attached hydrogens (tertiary/aromatic N) is 1. The summed E-state index contributed by atoms with van der Waals surface area (Å²) in [5.41, 5.74) is 2.29. The number of rotatable bonds is 11. The van der Waals surface area contributed by atoms with Crippen molar-refractivity contribution in [1.82, 2.24) is 20.5 Å². The zero-order chi connectivity index (χ0) is 24.1. The van der Waals surface area contributed by atoms with E-state index in [-0.39, 0.29) is 29.8 Å². The lowest BCUT2D eigenvalue weighted by molar-refractivity contribution is -0.140. The third-order valence-corrected chi connectivity index (χ3v) is 7.00. The molecule has 1 aliphatic heterocycles. The van der Waals surface area contributed by atoms with Crippen molar-refractivity contribution in [3.63, 3.8) is 0 Å². The summed E-state index contributed by atoms with van der Waals surface area (Å²) in [6, 6.07) is 8.63. The smallest absolute Gasteiger partial charge is 0.227 e. The Labute approximate surface area is 203 Å². The van der Waals surface area contributed by atoms with Crippen molar-refractivity contribution in [1.29, 1.82) is 0 Å². The molecule has 2 aromatic rings. The molecule has 1 aliphatic carbocycles. The minimum absolute atomic E-state index is 0.00460. The lowest BCUT2D eigenvalue weighted by atomic mass is 9.91. The van der Waals surface area contributed by atoms with Crippen LogP contribution in [0.5, 0.6) is 0 Å². The van der Waals surface area contributed by atoms with E-state index < -0.39 is 0 Å². The number of nitrogens with one attached hydrogen (secondary N) is 3. The molecule has 1 unspecified atom stereocenters. The number of fused-ring (bicyclic) bond motifs is 1. The standard InChI is InChI=1S/C27H40N4O3/c1-18(2)13-26(32)30-20-14-19(15-28-16-20)27(33)31(21-10-11-21)25(9-6-12-34-3)23-17-29-24-8-5-4-7-22(23)24/h4-5,7-8,17-21,25,28-29H,6,9-16H2,1-3H3,(H,30,32)/t19-,20-,25?/m0/s1. The maximum absolute atomic E-state index is 14.0. The molecule has 1 saturated heterocycles. The van der Waals surface area contributed by atoms with Gasteiger partial charge in [-0.2, -0.15) is 0 Å². The first kappa shape index (κ1) is 24.7. The summed E-state index contributed by atoms with van der Waals surface area (Å²) in [7, 11) is 1.73. The molecule has 4 rings (SSSR count). The number of hydrogen-bond donors (Lipinski definition) is 3. The maximum atomic E-state index is 14.0. The number of H-pyrrole nitrogens is 1. The van der Waals surface area contributed by atoms with Crippen LogP contribution in [0.2, 0.25) is 0 Å². The van der Waals surface area contributed by atoms with Gasteiger partial charge >= 0.3 is 0 Å². The largest absolute Gasteiger partial charge is 0.385 e. The van der Waals surface area contributed by atoms with Crippen molar-refractivity contribution in [2.75, 3.05) is 26.8 Å². The normalized spacial score (nSPS) is 21.5. The summed E-state index contributed by atoms with van der Waals surface area (Å²) >= 11 is 0. The van der Waals surface area contributed by atoms with E-state index in [1.165, 1.54) is 10.9 Å². The number of carbonyl (C=O) groups excluding carboxylic acids is 2. The second kappa shape index (κ2) is 11.4. The molecule has 3 atom stereocenters. The van der Waals surface area contributed by atoms with Crippen LogP contribution in [-0.2, 0) is 14.3 Å². The average molecular weight is 469 g/mol. The zero-order valence-corrected chi connectivity index (χ0v) is 20.8. The summed E-state index contributed by atoms with van der Waals surface area (Å²) in [5.74, 6) is 0.480. The van der Waals surface area contributed by atoms with Crippen LogP contribution in [0, 0.1) is 11.8 Å². The van der Waals surface area contributed by atoms with Crippen LogP contribution in [0.1, 0.15) is 64.0 Å². The number of aromatic nitrogens is 1. The van der Waals surface area contributed by atoms with Gasteiger partial charge in [-0.25, -0.2) is 0 Å². The van der Waals surface area contributed by atoms with Gasteiger partial charge < -0.3 is 25.3 Å². The predicted molar refractivity (Wildman–Crippen MR) is 134 cm³/mol. The second-order valence-electron chi connectivity index (χ2n) is 10.4. The molecule has 2 amide bonds. The summed E-state index contributed by atoms with van der Waals surface area (Å²) < 4.78 is 5.35. The Kier molecular flexibility index (Phi) is 8.27. The number of carbonyl (C=O) groups is 2. The van der Waals surface area contributed by atoms with E-state index in [0.29, 0.717) is 38.0 Å². The molecule has 1 aromatic heterocycles. The quantitative estimate of drug-likeness (QED) is 0.438. The van der Waals surface area contributed by atoms with Crippen LogP contribution in [0.15, 0.2) is 30.5 Å². The number of aromatic amines is 1. The van der Waals surface area contributed by atoms with E-state index in [1.54, 1.807) is 7.11 Å². The van der Waals surface area contributed by atoms with Gasteiger partial charge in [-0.1, -0.05) is 32.0 Å². The first-order valence-electron chi connectivity index (χ1n) is 12.8. The van der Waals surface area contributed by atoms with Gasteiger partial charge in [-0.3, -0.25) is 9.59 Å². The Bertz CT molecular complexity index is 968. The Morgan fingerprint density at radius 2 is 2.00 bits per heavy atom. The van der Waals surface area contributed by atoms with Gasteiger partial charge in [0.25, 0.3) is 0 Å². The summed E-state index contributed by atoms with van der Waals surface area (Å²) in [5, 5.41) is 7.74. The van der Waals surface area contributed by atoms with E-state index >= 15 is 0 Å². The Morgan fingerprint density at radius 3 is 2.74 bits per heavy atom. The second-order valence-corrected chi connectivity index (χ2v) is 10.4. The molecule has 2 heterocycles. The number of piperidine rings is 1. The molecule has 3 N–H and O–H groups in total. The molecule has 0 spiro atoms. The van der Waals surface area contributed by atoms with Crippen molar-refractivity contribution >= 4 is 22.7 Å². The van der Waals surface area contributed by atoms with Gasteiger partial charge in [0.05, 0.1) is 12.0 Å². The third-order valence-electron chi connectivity index (χ3n) is 7.00. The third kappa shape index (κ3) is 5.99. The number of amides is 2. The Hall–Kier alpha value is -2.38. The van der Waals surface area contributed by atoms with E-state index in [9.17, 15) is 9.59 Å². The summed E-state index contributed by atoms with van der Waals surface area (Å²) in [6.45, 7) is 6.16. The number of hydrogen-bond acceptors (Lipinski definition) is 4. The van der Waals surface area contributed by atoms with E-state index in [0.717, 1.165) is 37.7 Å². The van der Waals surface area contributed by atoms with E-state index in [1.807, 2.05) is 19.9 Å². The molecule has 34 heavy (non-hydrogen) atoms. The fourth-order valence-electron chi connectivity index (χ4n) is 5.28. The van der Waals surface area contributed by atoms with Crippen LogP contribution in [-0.4, -0.2) is 60.6 Å². The van der Waals surface area contributed by atoms with Gasteiger partial charge in [0, 0.05) is 62.4 Å². The number of benzene rings is 1. The highest BCUT2D eigenvalue weighted by Crippen LogP contribution is 2.40. The molecule has 2 aliphatic rings. The molecule has 1 saturated carbocycles. The highest BCUT2D eigenvalue weighted by Gasteiger charge is 2.42. The first-order chi connectivity index (χ1) is 16.5. The Morgan fingerprint density at radius 1 is 1.21 bits per heavy atom. The highest BCUT2D eigenvalue weighted by molar-refractivity contribution is 5.86. The van der Waals surface area contributed by atoms with E-state index in [4.69, 9.17) is 4.74 Å². The molecule has 0 bridgehead atoms. The van der Waals surface area contributed by atoms with Gasteiger partial charge in [0.2, 0.25) is 11.8 Å². The van der Waals surface area contributed by atoms with Crippen molar-refractivity contribution in [3.8, 4) is 0 Å². The van der Waals surface area contributed by atoms with Crippen LogP contribution >= 0.6 is 0 Å². The number of ether oxygens (including phenoxy) is 1. The molecule has 0 radical (unpaired) electrons. The van der Waals surface area contributed by atoms with Gasteiger partial charge in [-0.05, 0) is 49.7 Å². The fourth-order valence-corrected chi connectivity index (χ4v) is 5.28. The first-order valence-corrected chi connectivity index (χ1v) is 12.8. The summed E-state index contributed by atoms with van der Waals surface area (Å²) in [4.78, 5) is 31.9. The van der Waals surface area contributed by atoms with Gasteiger partial charge in [-0.15, -0.1) is 0 Å². The molecular weight excluding hydrogens is 428 g/mol. The Balaban J connectivity index is 1.54.